The van der Waals surface area contributed by atoms with E-state index in [1.807, 2.05) is 24.3 Å². The average Bonchev–Trinajstić information content (AvgIpc) is 2.77. The number of nitrogens with zero attached hydrogens (tertiary/aromatic N) is 4. The lowest BCUT2D eigenvalue weighted by molar-refractivity contribution is 0.865. The van der Waals surface area contributed by atoms with Crippen LogP contribution in [-0.4, -0.2) is 19.7 Å². The number of anilines is 1. The van der Waals surface area contributed by atoms with Crippen molar-refractivity contribution in [2.24, 2.45) is 0 Å². The van der Waals surface area contributed by atoms with Crippen molar-refractivity contribution in [1.82, 2.24) is 19.7 Å². The summed E-state index contributed by atoms with van der Waals surface area (Å²) in [6.07, 6.45) is 1.76. The Morgan fingerprint density at radius 2 is 2.00 bits per heavy atom. The van der Waals surface area contributed by atoms with Crippen LogP contribution in [0.15, 0.2) is 30.5 Å². The van der Waals surface area contributed by atoms with Crippen molar-refractivity contribution in [2.75, 3.05) is 5.73 Å². The van der Waals surface area contributed by atoms with Gasteiger partial charge in [0.15, 0.2) is 5.82 Å². The number of rotatable bonds is 1. The Kier molecular flexibility index (Phi) is 2.41. The number of aryl methyl sites for hydroxylation is 1. The molecule has 0 unspecified atom stereocenters. The van der Waals surface area contributed by atoms with Crippen molar-refractivity contribution in [2.45, 2.75) is 6.92 Å². The van der Waals surface area contributed by atoms with Crippen LogP contribution in [0.4, 0.5) is 5.69 Å². The molecule has 3 rings (SSSR count). The van der Waals surface area contributed by atoms with E-state index in [1.54, 1.807) is 17.8 Å². The zero-order chi connectivity index (χ0) is 12.7. The van der Waals surface area contributed by atoms with Crippen molar-refractivity contribution in [3.8, 4) is 5.82 Å². The van der Waals surface area contributed by atoms with Gasteiger partial charge in [0.25, 0.3) is 0 Å². The number of benzene rings is 1. The smallest absolute Gasteiger partial charge is 0.224 e. The Morgan fingerprint density at radius 3 is 2.83 bits per heavy atom. The number of hydrogen-bond acceptors (Lipinski definition) is 4. The quantitative estimate of drug-likeness (QED) is 0.681. The number of hydrogen-bond donors (Lipinski definition) is 1. The third-order valence-corrected chi connectivity index (χ3v) is 2.94. The van der Waals surface area contributed by atoms with E-state index in [0.29, 0.717) is 17.2 Å². The molecule has 0 spiro atoms. The number of fused-ring (bicyclic) bond motifs is 1. The van der Waals surface area contributed by atoms with Gasteiger partial charge in [-0.15, -0.1) is 0 Å². The first kappa shape index (κ1) is 11.0. The Bertz CT molecular complexity index is 734. The molecule has 0 saturated heterocycles. The molecule has 0 aliphatic rings. The van der Waals surface area contributed by atoms with Gasteiger partial charge in [-0.3, -0.25) is 0 Å². The summed E-state index contributed by atoms with van der Waals surface area (Å²) in [4.78, 5) is 8.17. The first-order chi connectivity index (χ1) is 8.66. The molecule has 0 saturated carbocycles. The number of nitrogens with two attached hydrogens (primary N) is 1. The maximum atomic E-state index is 5.99. The topological polar surface area (TPSA) is 69.6 Å². The van der Waals surface area contributed by atoms with Crippen LogP contribution in [0.25, 0.3) is 16.7 Å². The van der Waals surface area contributed by atoms with Crippen LogP contribution in [0.2, 0.25) is 5.28 Å². The summed E-state index contributed by atoms with van der Waals surface area (Å²) >= 11 is 5.87. The molecule has 0 atom stereocenters. The van der Waals surface area contributed by atoms with Crippen LogP contribution in [0.3, 0.4) is 0 Å². The van der Waals surface area contributed by atoms with Crippen molar-refractivity contribution in [1.29, 1.82) is 0 Å². The summed E-state index contributed by atoms with van der Waals surface area (Å²) in [5.74, 6) is 0.508. The highest BCUT2D eigenvalue weighted by atomic mass is 35.5. The van der Waals surface area contributed by atoms with Crippen molar-refractivity contribution >= 4 is 28.2 Å². The SMILES string of the molecule is Cc1nc(Cl)nc(-n2ncc3ccccc32)c1N. The van der Waals surface area contributed by atoms with Gasteiger partial charge in [0, 0.05) is 5.39 Å². The second kappa shape index (κ2) is 3.96. The Hall–Kier alpha value is -2.14. The molecule has 0 bridgehead atoms. The second-order valence-corrected chi connectivity index (χ2v) is 4.27. The standard InChI is InChI=1S/C12H10ClN5/c1-7-10(14)11(17-12(13)16-7)18-9-5-3-2-4-8(9)6-15-18/h2-6H,14H2,1H3. The monoisotopic (exact) mass is 259 g/mol. The van der Waals surface area contributed by atoms with E-state index in [2.05, 4.69) is 15.1 Å². The molecular formula is C12H10ClN5. The highest BCUT2D eigenvalue weighted by Crippen LogP contribution is 2.23. The average molecular weight is 260 g/mol. The van der Waals surface area contributed by atoms with Gasteiger partial charge >= 0.3 is 0 Å². The van der Waals surface area contributed by atoms with Gasteiger partial charge in [0.05, 0.1) is 23.1 Å². The molecule has 0 aliphatic heterocycles. The molecule has 18 heavy (non-hydrogen) atoms. The van der Waals surface area contributed by atoms with Crippen LogP contribution >= 0.6 is 11.6 Å². The molecule has 3 aromatic rings. The fraction of sp³-hybridized carbons (Fsp3) is 0.0833. The van der Waals surface area contributed by atoms with Gasteiger partial charge in [0.1, 0.15) is 0 Å². The molecule has 90 valence electrons. The molecular weight excluding hydrogens is 250 g/mol. The van der Waals surface area contributed by atoms with Crippen LogP contribution in [0.1, 0.15) is 5.69 Å². The molecule has 6 heteroatoms. The maximum absolute atomic E-state index is 5.99. The normalized spacial score (nSPS) is 11.0. The molecule has 0 radical (unpaired) electrons. The van der Waals surface area contributed by atoms with Crippen LogP contribution < -0.4 is 5.73 Å². The third kappa shape index (κ3) is 1.60. The second-order valence-electron chi connectivity index (χ2n) is 3.93. The van der Waals surface area contributed by atoms with Crippen LogP contribution in [0.5, 0.6) is 0 Å². The lowest BCUT2D eigenvalue weighted by Crippen LogP contribution is -2.07. The Balaban J connectivity index is 2.33. The predicted octanol–water partition coefficient (Wildman–Crippen LogP) is 2.36. The van der Waals surface area contributed by atoms with Crippen LogP contribution in [-0.2, 0) is 0 Å². The van der Waals surface area contributed by atoms with Crippen molar-refractivity contribution in [3.63, 3.8) is 0 Å². The minimum absolute atomic E-state index is 0.163. The Labute approximate surface area is 108 Å². The summed E-state index contributed by atoms with van der Waals surface area (Å²) in [5.41, 5.74) is 8.04. The van der Waals surface area contributed by atoms with Gasteiger partial charge < -0.3 is 5.73 Å². The largest absolute Gasteiger partial charge is 0.394 e. The maximum Gasteiger partial charge on any atom is 0.224 e. The zero-order valence-corrected chi connectivity index (χ0v) is 10.4. The zero-order valence-electron chi connectivity index (χ0n) is 9.63. The first-order valence-electron chi connectivity index (χ1n) is 5.39. The summed E-state index contributed by atoms with van der Waals surface area (Å²) in [5, 5.41) is 5.48. The predicted molar refractivity (Wildman–Crippen MR) is 70.8 cm³/mol. The van der Waals surface area contributed by atoms with E-state index >= 15 is 0 Å². The molecule has 5 nitrogen and oxygen atoms in total. The van der Waals surface area contributed by atoms with Gasteiger partial charge in [0.2, 0.25) is 5.28 Å². The summed E-state index contributed by atoms with van der Waals surface area (Å²) in [6, 6.07) is 7.82. The molecule has 2 N–H and O–H groups in total. The van der Waals surface area contributed by atoms with E-state index in [-0.39, 0.29) is 5.28 Å². The highest BCUT2D eigenvalue weighted by Gasteiger charge is 2.12. The van der Waals surface area contributed by atoms with Gasteiger partial charge in [-0.05, 0) is 24.6 Å². The molecule has 2 aromatic heterocycles. The van der Waals surface area contributed by atoms with Crippen molar-refractivity contribution < 1.29 is 0 Å². The fourth-order valence-electron chi connectivity index (χ4n) is 1.83. The van der Waals surface area contributed by atoms with E-state index in [0.717, 1.165) is 10.9 Å². The number of aromatic nitrogens is 4. The number of nitrogen functional groups attached to an aromatic ring is 1. The third-order valence-electron chi connectivity index (χ3n) is 2.77. The number of para-hydroxylation sites is 1. The molecule has 0 amide bonds. The minimum atomic E-state index is 0.163. The van der Waals surface area contributed by atoms with Gasteiger partial charge in [-0.1, -0.05) is 18.2 Å². The molecule has 1 aromatic carbocycles. The summed E-state index contributed by atoms with van der Waals surface area (Å²) in [7, 11) is 0. The van der Waals surface area contributed by atoms with Gasteiger partial charge in [-0.25, -0.2) is 9.67 Å². The minimum Gasteiger partial charge on any atom is -0.394 e. The first-order valence-corrected chi connectivity index (χ1v) is 5.77. The lowest BCUT2D eigenvalue weighted by atomic mass is 10.2. The van der Waals surface area contributed by atoms with E-state index in [9.17, 15) is 0 Å². The summed E-state index contributed by atoms with van der Waals surface area (Å²) in [6.45, 7) is 1.79. The van der Waals surface area contributed by atoms with E-state index in [1.165, 1.54) is 0 Å². The molecule has 2 heterocycles. The van der Waals surface area contributed by atoms with Gasteiger partial charge in [-0.2, -0.15) is 10.1 Å². The molecule has 0 fully saturated rings. The number of halogens is 1. The van der Waals surface area contributed by atoms with E-state index < -0.39 is 0 Å². The highest BCUT2D eigenvalue weighted by molar-refractivity contribution is 6.28. The van der Waals surface area contributed by atoms with Crippen LogP contribution in [0, 0.1) is 6.92 Å². The lowest BCUT2D eigenvalue weighted by Gasteiger charge is -2.08. The summed E-state index contributed by atoms with van der Waals surface area (Å²) < 4.78 is 1.67. The van der Waals surface area contributed by atoms with E-state index in [4.69, 9.17) is 17.3 Å². The molecule has 0 aliphatic carbocycles. The fourth-order valence-corrected chi connectivity index (χ4v) is 2.04. The van der Waals surface area contributed by atoms with Crippen molar-refractivity contribution in [3.05, 3.63) is 41.4 Å². The Morgan fingerprint density at radius 1 is 1.22 bits per heavy atom.